The molecule has 0 unspecified atom stereocenters. The van der Waals surface area contributed by atoms with Crippen molar-refractivity contribution in [2.24, 2.45) is 0 Å². The molecular formula is C11H16O6. The number of hydrogen-bond acceptors (Lipinski definition) is 6. The number of rotatable bonds is 7. The zero-order valence-electron chi connectivity index (χ0n) is 9.89. The van der Waals surface area contributed by atoms with Crippen LogP contribution in [-0.2, 0) is 24.0 Å². The molecule has 0 aliphatic carbocycles. The highest BCUT2D eigenvalue weighted by Crippen LogP contribution is 2.00. The van der Waals surface area contributed by atoms with E-state index in [1.54, 1.807) is 0 Å². The third-order valence-corrected chi connectivity index (χ3v) is 1.65. The first-order valence-electron chi connectivity index (χ1n) is 4.84. The molecule has 0 bridgehead atoms. The fourth-order valence-corrected chi connectivity index (χ4v) is 0.693. The van der Waals surface area contributed by atoms with Crippen molar-refractivity contribution in [3.05, 3.63) is 24.3 Å². The Hall–Kier alpha value is -1.66. The Morgan fingerprint density at radius 2 is 1.41 bits per heavy atom. The number of ether oxygens (including phenoxy) is 2. The van der Waals surface area contributed by atoms with Crippen LogP contribution < -0.4 is 0 Å². The molecule has 1 N–H and O–H groups in total. The first-order chi connectivity index (χ1) is 7.88. The van der Waals surface area contributed by atoms with Crippen LogP contribution in [-0.4, -0.2) is 36.5 Å². The number of hydrogen-bond donors (Lipinski definition) is 1. The average Bonchev–Trinajstić information content (AvgIpc) is 2.28. The van der Waals surface area contributed by atoms with Crippen molar-refractivity contribution < 1.29 is 29.2 Å². The lowest BCUT2D eigenvalue weighted by Gasteiger charge is -2.13. The van der Waals surface area contributed by atoms with E-state index in [-0.39, 0.29) is 24.4 Å². The molecule has 17 heavy (non-hydrogen) atoms. The number of esters is 2. The molecule has 0 saturated carbocycles. The maximum atomic E-state index is 11.0. The van der Waals surface area contributed by atoms with E-state index in [0.29, 0.717) is 0 Å². The summed E-state index contributed by atoms with van der Waals surface area (Å²) < 4.78 is 9.42. The molecule has 96 valence electrons. The van der Waals surface area contributed by atoms with Gasteiger partial charge < -0.3 is 9.47 Å². The van der Waals surface area contributed by atoms with Crippen LogP contribution in [0, 0.1) is 0 Å². The monoisotopic (exact) mass is 244 g/mol. The third-order valence-electron chi connectivity index (χ3n) is 1.65. The van der Waals surface area contributed by atoms with Crippen molar-refractivity contribution in [1.82, 2.24) is 0 Å². The highest BCUT2D eigenvalue weighted by atomic mass is 17.1. The van der Waals surface area contributed by atoms with Crippen LogP contribution in [0.15, 0.2) is 24.3 Å². The van der Waals surface area contributed by atoms with Crippen molar-refractivity contribution >= 4 is 11.9 Å². The van der Waals surface area contributed by atoms with Gasteiger partial charge in [-0.25, -0.2) is 14.5 Å². The predicted octanol–water partition coefficient (Wildman–Crippen LogP) is 1.08. The number of carbonyl (C=O) groups excluding carboxylic acids is 2. The van der Waals surface area contributed by atoms with Gasteiger partial charge in [0, 0.05) is 11.1 Å². The molecular weight excluding hydrogens is 228 g/mol. The topological polar surface area (TPSA) is 82.1 Å². The first kappa shape index (κ1) is 15.3. The lowest BCUT2D eigenvalue weighted by Crippen LogP contribution is -2.27. The zero-order chi connectivity index (χ0) is 13.4. The van der Waals surface area contributed by atoms with E-state index in [4.69, 9.17) is 14.7 Å². The molecule has 0 aromatic rings. The van der Waals surface area contributed by atoms with Gasteiger partial charge in [-0.15, -0.1) is 0 Å². The highest BCUT2D eigenvalue weighted by Gasteiger charge is 2.16. The van der Waals surface area contributed by atoms with Gasteiger partial charge in [0.1, 0.15) is 13.2 Å². The summed E-state index contributed by atoms with van der Waals surface area (Å²) in [5, 5.41) is 8.50. The Labute approximate surface area is 99.4 Å². The lowest BCUT2D eigenvalue weighted by atomic mass is 10.3. The van der Waals surface area contributed by atoms with Gasteiger partial charge in [-0.05, 0) is 13.8 Å². The van der Waals surface area contributed by atoms with E-state index >= 15 is 0 Å². The van der Waals surface area contributed by atoms with Crippen molar-refractivity contribution in [2.45, 2.75) is 20.0 Å². The average molecular weight is 244 g/mol. The summed E-state index contributed by atoms with van der Waals surface area (Å²) in [5.41, 5.74) is 0.446. The summed E-state index contributed by atoms with van der Waals surface area (Å²) in [7, 11) is 0. The van der Waals surface area contributed by atoms with Crippen molar-refractivity contribution in [2.75, 3.05) is 13.2 Å². The van der Waals surface area contributed by atoms with Gasteiger partial charge in [0.2, 0.25) is 0 Å². The molecule has 0 radical (unpaired) electrons. The van der Waals surface area contributed by atoms with Gasteiger partial charge in [-0.2, -0.15) is 0 Å². The molecule has 0 saturated heterocycles. The van der Waals surface area contributed by atoms with Gasteiger partial charge in [0.05, 0.1) is 0 Å². The summed E-state index contributed by atoms with van der Waals surface area (Å²) in [6.45, 7) is 9.24. The van der Waals surface area contributed by atoms with Crippen molar-refractivity contribution in [3.63, 3.8) is 0 Å². The number of carbonyl (C=O) groups is 2. The fourth-order valence-electron chi connectivity index (χ4n) is 0.693. The van der Waals surface area contributed by atoms with Crippen LogP contribution >= 0.6 is 0 Å². The van der Waals surface area contributed by atoms with Crippen LogP contribution in [0.25, 0.3) is 0 Å². The molecule has 0 aliphatic heterocycles. The quantitative estimate of drug-likeness (QED) is 0.312. The Morgan fingerprint density at radius 1 is 1.06 bits per heavy atom. The van der Waals surface area contributed by atoms with Gasteiger partial charge in [0.15, 0.2) is 6.10 Å². The van der Waals surface area contributed by atoms with E-state index in [1.807, 2.05) is 0 Å². The van der Waals surface area contributed by atoms with E-state index in [0.717, 1.165) is 0 Å². The summed E-state index contributed by atoms with van der Waals surface area (Å²) in [5.74, 6) is -1.23. The van der Waals surface area contributed by atoms with E-state index < -0.39 is 18.0 Å². The van der Waals surface area contributed by atoms with E-state index in [2.05, 4.69) is 18.0 Å². The largest absolute Gasteiger partial charge is 0.459 e. The molecule has 0 heterocycles. The summed E-state index contributed by atoms with van der Waals surface area (Å²) in [4.78, 5) is 26.1. The van der Waals surface area contributed by atoms with E-state index in [1.165, 1.54) is 13.8 Å². The van der Waals surface area contributed by atoms with Gasteiger partial charge in [0.25, 0.3) is 0 Å². The maximum absolute atomic E-state index is 11.0. The summed E-state index contributed by atoms with van der Waals surface area (Å²) in [6.07, 6.45) is -0.943. The summed E-state index contributed by atoms with van der Waals surface area (Å²) >= 11 is 0. The molecule has 0 spiro atoms. The molecule has 0 aromatic heterocycles. The van der Waals surface area contributed by atoms with Crippen LogP contribution in [0.4, 0.5) is 0 Å². The summed E-state index contributed by atoms with van der Waals surface area (Å²) in [6, 6.07) is 0. The molecule has 6 nitrogen and oxygen atoms in total. The van der Waals surface area contributed by atoms with Gasteiger partial charge >= 0.3 is 11.9 Å². The minimum absolute atomic E-state index is 0.223. The predicted molar refractivity (Wildman–Crippen MR) is 59.0 cm³/mol. The third kappa shape index (κ3) is 6.49. The molecule has 0 fully saturated rings. The van der Waals surface area contributed by atoms with Crippen molar-refractivity contribution in [3.8, 4) is 0 Å². The second-order valence-electron chi connectivity index (χ2n) is 3.49. The van der Waals surface area contributed by atoms with Crippen LogP contribution in [0.2, 0.25) is 0 Å². The Bertz CT molecular complexity index is 290. The van der Waals surface area contributed by atoms with Gasteiger partial charge in [-0.1, -0.05) is 13.2 Å². The minimum Gasteiger partial charge on any atom is -0.459 e. The maximum Gasteiger partial charge on any atom is 0.333 e. The minimum atomic E-state index is -0.943. The molecule has 0 aliphatic rings. The Balaban J connectivity index is 4.00. The molecule has 0 atom stereocenters. The SMILES string of the molecule is C=C(C)C(=O)OCC(COC(=O)C(=C)C)OO. The highest BCUT2D eigenvalue weighted by molar-refractivity contribution is 5.87. The normalized spacial score (nSPS) is 9.88. The van der Waals surface area contributed by atoms with Crippen LogP contribution in [0.1, 0.15) is 13.8 Å². The van der Waals surface area contributed by atoms with Crippen LogP contribution in [0.3, 0.4) is 0 Å². The Morgan fingerprint density at radius 3 is 1.65 bits per heavy atom. The second-order valence-corrected chi connectivity index (χ2v) is 3.49. The molecule has 0 aromatic carbocycles. The standard InChI is InChI=1S/C11H16O6/c1-7(2)10(12)15-5-9(17-14)6-16-11(13)8(3)4/h9,14H,1,3,5-6H2,2,4H3. The molecule has 0 amide bonds. The fraction of sp³-hybridized carbons (Fsp3) is 0.455. The second kappa shape index (κ2) is 7.59. The van der Waals surface area contributed by atoms with Gasteiger partial charge in [-0.3, -0.25) is 5.26 Å². The molecule has 6 heteroatoms. The molecule has 0 rings (SSSR count). The smallest absolute Gasteiger partial charge is 0.333 e. The van der Waals surface area contributed by atoms with E-state index in [9.17, 15) is 9.59 Å². The first-order valence-corrected chi connectivity index (χ1v) is 4.84. The van der Waals surface area contributed by atoms with Crippen molar-refractivity contribution in [1.29, 1.82) is 0 Å². The van der Waals surface area contributed by atoms with Crippen LogP contribution in [0.5, 0.6) is 0 Å². The Kier molecular flexibility index (Phi) is 6.85. The lowest BCUT2D eigenvalue weighted by molar-refractivity contribution is -0.292. The zero-order valence-corrected chi connectivity index (χ0v) is 9.89.